The molecule has 3 rings (SSSR count). The number of pyridine rings is 1. The molecule has 3 aromatic rings. The van der Waals surface area contributed by atoms with Crippen molar-refractivity contribution in [3.8, 4) is 0 Å². The van der Waals surface area contributed by atoms with Crippen LogP contribution >= 0.6 is 15.9 Å². The molecule has 0 saturated carbocycles. The number of nitrogens with zero attached hydrogens (tertiary/aromatic N) is 2. The van der Waals surface area contributed by atoms with Gasteiger partial charge in [0.05, 0.1) is 16.7 Å². The fourth-order valence-corrected chi connectivity index (χ4v) is 2.44. The Morgan fingerprint density at radius 1 is 1.36 bits per heavy atom. The maximum absolute atomic E-state index is 13.4. The van der Waals surface area contributed by atoms with Crippen molar-refractivity contribution < 1.29 is 9.18 Å². The Morgan fingerprint density at radius 3 is 2.91 bits per heavy atom. The first-order valence-electron chi connectivity index (χ1n) is 6.71. The number of nitrogens with one attached hydrogen (secondary N) is 1. The second kappa shape index (κ2) is 5.88. The maximum Gasteiger partial charge on any atom is 0.251 e. The van der Waals surface area contributed by atoms with Crippen LogP contribution in [0.2, 0.25) is 0 Å². The number of benzene rings is 1. The lowest BCUT2D eigenvalue weighted by Gasteiger charge is -2.04. The Balaban J connectivity index is 1.74. The molecule has 1 aromatic carbocycles. The van der Waals surface area contributed by atoms with Gasteiger partial charge in [-0.1, -0.05) is 6.07 Å². The van der Waals surface area contributed by atoms with Gasteiger partial charge in [-0.25, -0.2) is 9.37 Å². The summed E-state index contributed by atoms with van der Waals surface area (Å²) < 4.78 is 15.7. The largest absolute Gasteiger partial charge is 0.346 e. The molecule has 1 amide bonds. The molecule has 0 aliphatic rings. The highest BCUT2D eigenvalue weighted by Gasteiger charge is 2.10. The van der Waals surface area contributed by atoms with Gasteiger partial charge in [0.1, 0.15) is 11.5 Å². The fourth-order valence-electron chi connectivity index (χ4n) is 2.19. The molecule has 112 valence electrons. The van der Waals surface area contributed by atoms with Crippen molar-refractivity contribution >= 4 is 27.5 Å². The van der Waals surface area contributed by atoms with Crippen LogP contribution in [-0.4, -0.2) is 15.3 Å². The molecule has 0 aliphatic heterocycles. The van der Waals surface area contributed by atoms with Crippen LogP contribution in [0.3, 0.4) is 0 Å². The molecule has 0 fully saturated rings. The van der Waals surface area contributed by atoms with Crippen molar-refractivity contribution in [3.63, 3.8) is 0 Å². The summed E-state index contributed by atoms with van der Waals surface area (Å²) in [5.74, 6) is -0.795. The molecule has 6 heteroatoms. The number of hydrogen-bond donors (Lipinski definition) is 1. The number of aromatic nitrogens is 2. The number of carbonyl (C=O) groups is 1. The Kier molecular flexibility index (Phi) is 3.94. The van der Waals surface area contributed by atoms with Gasteiger partial charge in [-0.15, -0.1) is 0 Å². The second-order valence-corrected chi connectivity index (χ2v) is 5.79. The zero-order chi connectivity index (χ0) is 15.7. The highest BCUT2D eigenvalue weighted by Crippen LogP contribution is 2.16. The van der Waals surface area contributed by atoms with E-state index in [2.05, 4.69) is 26.2 Å². The average Bonchev–Trinajstić information content (AvgIpc) is 2.92. The summed E-state index contributed by atoms with van der Waals surface area (Å²) in [6.07, 6.45) is 1.88. The predicted molar refractivity (Wildman–Crippen MR) is 85.2 cm³/mol. The summed E-state index contributed by atoms with van der Waals surface area (Å²) in [5, 5.41) is 2.75. The smallest absolute Gasteiger partial charge is 0.251 e. The molecular weight excluding hydrogens is 349 g/mol. The maximum atomic E-state index is 13.4. The third kappa shape index (κ3) is 2.87. The van der Waals surface area contributed by atoms with Crippen molar-refractivity contribution in [1.82, 2.24) is 14.7 Å². The van der Waals surface area contributed by atoms with Crippen LogP contribution in [0.5, 0.6) is 0 Å². The van der Waals surface area contributed by atoms with Crippen LogP contribution in [0.15, 0.2) is 47.1 Å². The van der Waals surface area contributed by atoms with E-state index in [9.17, 15) is 9.18 Å². The first-order chi connectivity index (χ1) is 10.5. The molecule has 0 bridgehead atoms. The summed E-state index contributed by atoms with van der Waals surface area (Å²) in [4.78, 5) is 16.5. The first-order valence-corrected chi connectivity index (χ1v) is 7.51. The van der Waals surface area contributed by atoms with E-state index in [1.165, 1.54) is 12.1 Å². The molecule has 0 saturated heterocycles. The molecular formula is C16H13BrFN3O. The van der Waals surface area contributed by atoms with E-state index in [1.807, 2.05) is 35.7 Å². The van der Waals surface area contributed by atoms with Gasteiger partial charge in [-0.3, -0.25) is 4.79 Å². The van der Waals surface area contributed by atoms with Crippen LogP contribution in [0.1, 0.15) is 21.7 Å². The minimum absolute atomic E-state index is 0.278. The van der Waals surface area contributed by atoms with E-state index in [1.54, 1.807) is 6.07 Å². The molecule has 0 spiro atoms. The minimum atomic E-state index is -0.462. The lowest BCUT2D eigenvalue weighted by Crippen LogP contribution is -2.23. The van der Waals surface area contributed by atoms with Gasteiger partial charge in [0.25, 0.3) is 5.91 Å². The van der Waals surface area contributed by atoms with Crippen LogP contribution in [0.25, 0.3) is 5.65 Å². The Morgan fingerprint density at radius 2 is 2.18 bits per heavy atom. The molecule has 22 heavy (non-hydrogen) atoms. The van der Waals surface area contributed by atoms with Crippen LogP contribution in [-0.2, 0) is 6.54 Å². The Labute approximate surface area is 135 Å². The molecule has 0 unspecified atom stereocenters. The lowest BCUT2D eigenvalue weighted by molar-refractivity contribution is 0.0950. The number of rotatable bonds is 3. The zero-order valence-electron chi connectivity index (χ0n) is 11.8. The summed E-state index contributed by atoms with van der Waals surface area (Å²) in [7, 11) is 0. The summed E-state index contributed by atoms with van der Waals surface area (Å²) in [6.45, 7) is 2.28. The number of imidazole rings is 1. The van der Waals surface area contributed by atoms with Crippen molar-refractivity contribution in [3.05, 3.63) is 69.8 Å². The minimum Gasteiger partial charge on any atom is -0.346 e. The number of halogens is 2. The molecule has 0 aliphatic carbocycles. The van der Waals surface area contributed by atoms with Crippen molar-refractivity contribution in [2.24, 2.45) is 0 Å². The predicted octanol–water partition coefficient (Wildman–Crippen LogP) is 3.47. The van der Waals surface area contributed by atoms with Crippen LogP contribution < -0.4 is 5.32 Å². The molecule has 2 aromatic heterocycles. The Hall–Kier alpha value is -2.21. The third-order valence-electron chi connectivity index (χ3n) is 3.36. The monoisotopic (exact) mass is 361 g/mol. The lowest BCUT2D eigenvalue weighted by atomic mass is 10.2. The van der Waals surface area contributed by atoms with Gasteiger partial charge in [-0.05, 0) is 53.2 Å². The van der Waals surface area contributed by atoms with Crippen molar-refractivity contribution in [1.29, 1.82) is 0 Å². The highest BCUT2D eigenvalue weighted by molar-refractivity contribution is 9.10. The number of hydrogen-bond acceptors (Lipinski definition) is 2. The average molecular weight is 362 g/mol. The van der Waals surface area contributed by atoms with E-state index >= 15 is 0 Å². The third-order valence-corrected chi connectivity index (χ3v) is 4.00. The zero-order valence-corrected chi connectivity index (χ0v) is 13.4. The normalized spacial score (nSPS) is 10.9. The quantitative estimate of drug-likeness (QED) is 0.776. The molecule has 4 nitrogen and oxygen atoms in total. The van der Waals surface area contributed by atoms with Gasteiger partial charge in [0.2, 0.25) is 0 Å². The van der Waals surface area contributed by atoms with Crippen molar-refractivity contribution in [2.75, 3.05) is 0 Å². The first kappa shape index (κ1) is 14.7. The number of fused-ring (bicyclic) bond motifs is 1. The number of amides is 1. The van der Waals surface area contributed by atoms with E-state index in [-0.39, 0.29) is 18.0 Å². The number of aryl methyl sites for hydroxylation is 1. The van der Waals surface area contributed by atoms with Gasteiger partial charge < -0.3 is 9.72 Å². The SMILES string of the molecule is Cc1cccc2nc(CNC(=O)c3ccc(Br)c(F)c3)cn12. The van der Waals surface area contributed by atoms with Gasteiger partial charge >= 0.3 is 0 Å². The molecule has 2 heterocycles. The van der Waals surface area contributed by atoms with Crippen LogP contribution in [0, 0.1) is 12.7 Å². The van der Waals surface area contributed by atoms with E-state index in [0.29, 0.717) is 4.47 Å². The van der Waals surface area contributed by atoms with E-state index in [0.717, 1.165) is 17.0 Å². The van der Waals surface area contributed by atoms with E-state index in [4.69, 9.17) is 0 Å². The molecule has 0 radical (unpaired) electrons. The molecule has 0 atom stereocenters. The molecule has 1 N–H and O–H groups in total. The van der Waals surface area contributed by atoms with Gasteiger partial charge in [0.15, 0.2) is 0 Å². The van der Waals surface area contributed by atoms with Crippen molar-refractivity contribution in [2.45, 2.75) is 13.5 Å². The highest BCUT2D eigenvalue weighted by atomic mass is 79.9. The summed E-state index contributed by atoms with van der Waals surface area (Å²) >= 11 is 3.06. The summed E-state index contributed by atoms with van der Waals surface area (Å²) in [6, 6.07) is 10.1. The van der Waals surface area contributed by atoms with Crippen LogP contribution in [0.4, 0.5) is 4.39 Å². The second-order valence-electron chi connectivity index (χ2n) is 4.94. The van der Waals surface area contributed by atoms with Gasteiger partial charge in [0, 0.05) is 17.5 Å². The topological polar surface area (TPSA) is 46.4 Å². The van der Waals surface area contributed by atoms with E-state index < -0.39 is 5.82 Å². The number of carbonyl (C=O) groups excluding carboxylic acids is 1. The van der Waals surface area contributed by atoms with Gasteiger partial charge in [-0.2, -0.15) is 0 Å². The summed E-state index contributed by atoms with van der Waals surface area (Å²) in [5.41, 5.74) is 2.93. The Bertz CT molecular complexity index is 860. The standard InChI is InChI=1S/C16H13BrFN3O/c1-10-3-2-4-15-20-12(9-21(10)15)8-19-16(22)11-5-6-13(17)14(18)7-11/h2-7,9H,8H2,1H3,(H,19,22). The fraction of sp³-hybridized carbons (Fsp3) is 0.125.